The number of amides is 1. The number of β-amino-alcohol motifs (C(OH)–C–C–N with tert-alkyl or cyclic N) is 1. The summed E-state index contributed by atoms with van der Waals surface area (Å²) in [6.07, 6.45) is -8.04. The highest BCUT2D eigenvalue weighted by Crippen LogP contribution is 2.28. The van der Waals surface area contributed by atoms with Gasteiger partial charge in [0.15, 0.2) is 5.69 Å². The minimum atomic E-state index is -4.72. The maximum Gasteiger partial charge on any atom is 0.435 e. The molecule has 2 heterocycles. The first kappa shape index (κ1) is 20.8. The Morgan fingerprint density at radius 3 is 2.59 bits per heavy atom. The molecule has 1 aliphatic rings. The number of carbonyl (C=O) groups is 1. The number of ether oxygens (including phenoxy) is 2. The van der Waals surface area contributed by atoms with Crippen LogP contribution in [0.5, 0.6) is 5.88 Å². The first-order chi connectivity index (χ1) is 13.7. The van der Waals surface area contributed by atoms with E-state index < -0.39 is 42.2 Å². The summed E-state index contributed by atoms with van der Waals surface area (Å²) in [6, 6.07) is 8.90. The van der Waals surface area contributed by atoms with Gasteiger partial charge < -0.3 is 24.6 Å². The minimum absolute atomic E-state index is 0.000546. The number of hydrogen-bond donors (Lipinski definition) is 2. The van der Waals surface area contributed by atoms with Crippen molar-refractivity contribution in [3.63, 3.8) is 0 Å². The second-order valence-corrected chi connectivity index (χ2v) is 6.40. The van der Waals surface area contributed by atoms with E-state index in [0.29, 0.717) is 6.20 Å². The third-order valence-electron chi connectivity index (χ3n) is 4.22. The fraction of sp³-hybridized carbons (Fsp3) is 0.389. The molecule has 1 aromatic heterocycles. The molecule has 1 aromatic carbocycles. The van der Waals surface area contributed by atoms with Crippen molar-refractivity contribution in [1.82, 2.24) is 14.9 Å². The summed E-state index contributed by atoms with van der Waals surface area (Å²) in [7, 11) is 0. The van der Waals surface area contributed by atoms with Crippen LogP contribution in [0.3, 0.4) is 0 Å². The summed E-state index contributed by atoms with van der Waals surface area (Å²) < 4.78 is 48.7. The topological polar surface area (TPSA) is 105 Å². The Bertz CT molecular complexity index is 837. The molecule has 0 spiro atoms. The van der Waals surface area contributed by atoms with Crippen molar-refractivity contribution in [2.75, 3.05) is 13.1 Å². The molecular weight excluding hydrogens is 395 g/mol. The number of carbonyl (C=O) groups excluding carboxylic acids is 1. The van der Waals surface area contributed by atoms with Gasteiger partial charge in [0.2, 0.25) is 5.88 Å². The van der Waals surface area contributed by atoms with Gasteiger partial charge in [0.1, 0.15) is 24.9 Å². The zero-order valence-corrected chi connectivity index (χ0v) is 15.0. The number of aliphatic hydroxyl groups excluding tert-OH is 2. The SMILES string of the molecule is O=C(OCc1ccccc1)N1C[C@H](Oc2cncc(C(F)(F)F)n2)[C@@H](O)[C@@H](O)C1. The first-order valence-corrected chi connectivity index (χ1v) is 8.61. The standard InChI is InChI=1S/C18H18F3N3O5/c19-18(20,21)14-6-22-7-15(23-14)29-13-9-24(8-12(25)16(13)26)17(27)28-10-11-4-2-1-3-5-11/h1-7,12-13,16,25-26H,8-10H2/t12-,13-,16-/m0/s1. The number of benzene rings is 1. The van der Waals surface area contributed by atoms with Crippen molar-refractivity contribution in [3.05, 3.63) is 54.0 Å². The smallest absolute Gasteiger partial charge is 0.435 e. The van der Waals surface area contributed by atoms with E-state index in [1.165, 1.54) is 0 Å². The Morgan fingerprint density at radius 2 is 1.90 bits per heavy atom. The molecule has 0 saturated carbocycles. The Hall–Kier alpha value is -2.92. The Balaban J connectivity index is 1.65. The highest BCUT2D eigenvalue weighted by atomic mass is 19.4. The molecule has 1 aliphatic heterocycles. The summed E-state index contributed by atoms with van der Waals surface area (Å²) in [4.78, 5) is 20.1. The Morgan fingerprint density at radius 1 is 1.17 bits per heavy atom. The molecule has 156 valence electrons. The third kappa shape index (κ3) is 5.33. The number of hydrogen-bond acceptors (Lipinski definition) is 7. The van der Waals surface area contributed by atoms with Crippen molar-refractivity contribution in [2.45, 2.75) is 31.1 Å². The number of nitrogens with zero attached hydrogens (tertiary/aromatic N) is 3. The van der Waals surface area contributed by atoms with Gasteiger partial charge in [-0.2, -0.15) is 13.2 Å². The molecule has 1 saturated heterocycles. The first-order valence-electron chi connectivity index (χ1n) is 8.61. The number of piperidine rings is 1. The van der Waals surface area contributed by atoms with Gasteiger partial charge in [-0.05, 0) is 5.56 Å². The van der Waals surface area contributed by atoms with Gasteiger partial charge in [0.25, 0.3) is 0 Å². The van der Waals surface area contributed by atoms with Crippen LogP contribution in [0.4, 0.5) is 18.0 Å². The lowest BCUT2D eigenvalue weighted by Crippen LogP contribution is -2.58. The highest BCUT2D eigenvalue weighted by molar-refractivity contribution is 5.68. The van der Waals surface area contributed by atoms with Crippen molar-refractivity contribution in [3.8, 4) is 5.88 Å². The van der Waals surface area contributed by atoms with Gasteiger partial charge in [-0.3, -0.25) is 4.98 Å². The van der Waals surface area contributed by atoms with Crippen LogP contribution >= 0.6 is 0 Å². The molecule has 3 atom stereocenters. The maximum atomic E-state index is 12.8. The van der Waals surface area contributed by atoms with Crippen molar-refractivity contribution in [2.24, 2.45) is 0 Å². The van der Waals surface area contributed by atoms with Crippen LogP contribution in [-0.2, 0) is 17.5 Å². The van der Waals surface area contributed by atoms with Crippen molar-refractivity contribution < 1.29 is 37.7 Å². The number of rotatable bonds is 4. The van der Waals surface area contributed by atoms with Gasteiger partial charge in [-0.25, -0.2) is 9.78 Å². The average molecular weight is 413 g/mol. The molecule has 0 unspecified atom stereocenters. The fourth-order valence-corrected chi connectivity index (χ4v) is 2.74. The van der Waals surface area contributed by atoms with Crippen LogP contribution < -0.4 is 4.74 Å². The molecule has 0 aliphatic carbocycles. The molecule has 0 radical (unpaired) electrons. The summed E-state index contributed by atoms with van der Waals surface area (Å²) >= 11 is 0. The second kappa shape index (κ2) is 8.62. The van der Waals surface area contributed by atoms with E-state index in [1.54, 1.807) is 24.3 Å². The van der Waals surface area contributed by atoms with Gasteiger partial charge in [-0.15, -0.1) is 0 Å². The van der Waals surface area contributed by atoms with E-state index in [0.717, 1.165) is 16.7 Å². The predicted octanol–water partition coefficient (Wildman–Crippen LogP) is 1.62. The van der Waals surface area contributed by atoms with E-state index in [2.05, 4.69) is 9.97 Å². The molecule has 29 heavy (non-hydrogen) atoms. The van der Waals surface area contributed by atoms with Crippen molar-refractivity contribution >= 4 is 6.09 Å². The van der Waals surface area contributed by atoms with Crippen LogP contribution in [-0.4, -0.2) is 62.6 Å². The van der Waals surface area contributed by atoms with E-state index >= 15 is 0 Å². The molecule has 2 N–H and O–H groups in total. The molecule has 2 aromatic rings. The van der Waals surface area contributed by atoms with E-state index in [4.69, 9.17) is 9.47 Å². The largest absolute Gasteiger partial charge is 0.468 e. The maximum absolute atomic E-state index is 12.8. The van der Waals surface area contributed by atoms with Gasteiger partial charge in [-0.1, -0.05) is 30.3 Å². The fourth-order valence-electron chi connectivity index (χ4n) is 2.74. The Kier molecular flexibility index (Phi) is 6.18. The number of aromatic nitrogens is 2. The quantitative estimate of drug-likeness (QED) is 0.785. The predicted molar refractivity (Wildman–Crippen MR) is 91.7 cm³/mol. The van der Waals surface area contributed by atoms with Crippen LogP contribution in [0.15, 0.2) is 42.7 Å². The van der Waals surface area contributed by atoms with Crippen molar-refractivity contribution in [1.29, 1.82) is 0 Å². The summed E-state index contributed by atoms with van der Waals surface area (Å²) in [6.45, 7) is -0.438. The van der Waals surface area contributed by atoms with Gasteiger partial charge in [0.05, 0.1) is 25.5 Å². The summed E-state index contributed by atoms with van der Waals surface area (Å²) in [5, 5.41) is 20.1. The third-order valence-corrected chi connectivity index (χ3v) is 4.22. The monoisotopic (exact) mass is 413 g/mol. The van der Waals surface area contributed by atoms with Crippen LogP contribution in [0, 0.1) is 0 Å². The minimum Gasteiger partial charge on any atom is -0.468 e. The number of halogens is 3. The lowest BCUT2D eigenvalue weighted by atomic mass is 10.0. The Labute approximate surface area is 163 Å². The number of likely N-dealkylation sites (tertiary alicyclic amines) is 1. The van der Waals surface area contributed by atoms with E-state index in [-0.39, 0.29) is 19.7 Å². The second-order valence-electron chi connectivity index (χ2n) is 6.40. The summed E-state index contributed by atoms with van der Waals surface area (Å²) in [5.41, 5.74) is -0.509. The molecule has 0 bridgehead atoms. The van der Waals surface area contributed by atoms with E-state index in [1.807, 2.05) is 6.07 Å². The average Bonchev–Trinajstić information content (AvgIpc) is 2.70. The van der Waals surface area contributed by atoms with Gasteiger partial charge in [0, 0.05) is 0 Å². The zero-order valence-electron chi connectivity index (χ0n) is 15.0. The molecule has 8 nitrogen and oxygen atoms in total. The van der Waals surface area contributed by atoms with Gasteiger partial charge >= 0.3 is 12.3 Å². The number of aliphatic hydroxyl groups is 2. The van der Waals surface area contributed by atoms with Crippen LogP contribution in [0.25, 0.3) is 0 Å². The highest BCUT2D eigenvalue weighted by Gasteiger charge is 2.39. The summed E-state index contributed by atoms with van der Waals surface area (Å²) in [5.74, 6) is -0.490. The lowest BCUT2D eigenvalue weighted by molar-refractivity contribution is -0.142. The molecular formula is C18H18F3N3O5. The molecule has 3 rings (SSSR count). The molecule has 1 amide bonds. The number of alkyl halides is 3. The lowest BCUT2D eigenvalue weighted by Gasteiger charge is -2.38. The van der Waals surface area contributed by atoms with E-state index in [9.17, 15) is 28.2 Å². The zero-order chi connectivity index (χ0) is 21.0. The van der Waals surface area contributed by atoms with Crippen LogP contribution in [0.2, 0.25) is 0 Å². The molecule has 1 fully saturated rings. The molecule has 11 heteroatoms. The normalized spacial score (nSPS) is 22.2. The van der Waals surface area contributed by atoms with Crippen LogP contribution in [0.1, 0.15) is 11.3 Å².